The molecule has 100 valence electrons. The minimum absolute atomic E-state index is 0. The van der Waals surface area contributed by atoms with E-state index in [1.807, 2.05) is 0 Å². The van der Waals surface area contributed by atoms with Crippen LogP contribution in [0.3, 0.4) is 0 Å². The number of morpholine rings is 1. The van der Waals surface area contributed by atoms with Gasteiger partial charge in [0, 0.05) is 19.6 Å². The van der Waals surface area contributed by atoms with Gasteiger partial charge in [0.1, 0.15) is 0 Å². The molecule has 5 heteroatoms. The van der Waals surface area contributed by atoms with E-state index in [4.69, 9.17) is 9.84 Å². The molecule has 4 nitrogen and oxygen atoms in total. The lowest BCUT2D eigenvalue weighted by Crippen LogP contribution is -2.40. The predicted molar refractivity (Wildman–Crippen MR) is 67.6 cm³/mol. The summed E-state index contributed by atoms with van der Waals surface area (Å²) in [5, 5.41) is 8.92. The maximum atomic E-state index is 10.8. The van der Waals surface area contributed by atoms with Gasteiger partial charge < -0.3 is 9.84 Å². The van der Waals surface area contributed by atoms with Crippen LogP contribution in [0.5, 0.6) is 0 Å². The third-order valence-electron chi connectivity index (χ3n) is 3.82. The van der Waals surface area contributed by atoms with Crippen molar-refractivity contribution in [1.82, 2.24) is 4.90 Å². The highest BCUT2D eigenvalue weighted by Crippen LogP contribution is 2.29. The van der Waals surface area contributed by atoms with Crippen molar-refractivity contribution in [2.75, 3.05) is 32.8 Å². The van der Waals surface area contributed by atoms with E-state index in [1.54, 1.807) is 0 Å². The van der Waals surface area contributed by atoms with Crippen LogP contribution < -0.4 is 0 Å². The zero-order chi connectivity index (χ0) is 11.4. The van der Waals surface area contributed by atoms with Crippen LogP contribution in [0.15, 0.2) is 0 Å². The Morgan fingerprint density at radius 3 is 2.29 bits per heavy atom. The van der Waals surface area contributed by atoms with Gasteiger partial charge in [-0.15, -0.1) is 12.4 Å². The first-order valence-electron chi connectivity index (χ1n) is 6.28. The minimum atomic E-state index is -0.607. The standard InChI is InChI=1S/C12H21NO3.ClH/c14-12(15)11-3-1-10(2-4-11)9-13-5-7-16-8-6-13;/h10-11H,1-9H2,(H,14,15);1H. The highest BCUT2D eigenvalue weighted by atomic mass is 35.5. The van der Waals surface area contributed by atoms with Gasteiger partial charge in [0.05, 0.1) is 19.1 Å². The second kappa shape index (κ2) is 7.19. The summed E-state index contributed by atoms with van der Waals surface area (Å²) in [5.41, 5.74) is 0. The fourth-order valence-electron chi connectivity index (χ4n) is 2.74. The molecule has 1 aliphatic heterocycles. The minimum Gasteiger partial charge on any atom is -0.481 e. The molecule has 0 radical (unpaired) electrons. The van der Waals surface area contributed by atoms with E-state index in [0.29, 0.717) is 5.92 Å². The SMILES string of the molecule is Cl.O=C(O)C1CCC(CN2CCOCC2)CC1. The van der Waals surface area contributed by atoms with E-state index in [1.165, 1.54) is 0 Å². The summed E-state index contributed by atoms with van der Waals surface area (Å²) in [5.74, 6) is 0.0134. The molecular weight excluding hydrogens is 242 g/mol. The molecule has 0 aromatic carbocycles. The predicted octanol–water partition coefficient (Wildman–Crippen LogP) is 1.63. The van der Waals surface area contributed by atoms with E-state index in [0.717, 1.165) is 58.5 Å². The Kier molecular flexibility index (Phi) is 6.23. The van der Waals surface area contributed by atoms with E-state index in [2.05, 4.69) is 4.90 Å². The molecule has 1 heterocycles. The molecule has 2 rings (SSSR count). The lowest BCUT2D eigenvalue weighted by atomic mass is 9.82. The molecule has 1 saturated carbocycles. The van der Waals surface area contributed by atoms with Gasteiger partial charge >= 0.3 is 5.97 Å². The average molecular weight is 264 g/mol. The number of carboxylic acid groups (broad SMARTS) is 1. The molecule has 2 fully saturated rings. The van der Waals surface area contributed by atoms with Crippen LogP contribution >= 0.6 is 12.4 Å². The summed E-state index contributed by atoms with van der Waals surface area (Å²) in [6.45, 7) is 4.92. The van der Waals surface area contributed by atoms with Crippen molar-refractivity contribution in [3.05, 3.63) is 0 Å². The molecule has 0 spiro atoms. The van der Waals surface area contributed by atoms with Crippen LogP contribution in [0, 0.1) is 11.8 Å². The molecule has 0 aromatic rings. The topological polar surface area (TPSA) is 49.8 Å². The Balaban J connectivity index is 0.00000144. The molecule has 0 unspecified atom stereocenters. The highest BCUT2D eigenvalue weighted by molar-refractivity contribution is 5.85. The average Bonchev–Trinajstić information content (AvgIpc) is 2.31. The third kappa shape index (κ3) is 4.45. The summed E-state index contributed by atoms with van der Waals surface area (Å²) in [6.07, 6.45) is 3.89. The van der Waals surface area contributed by atoms with Crippen molar-refractivity contribution < 1.29 is 14.6 Å². The number of carboxylic acids is 1. The zero-order valence-electron chi connectivity index (χ0n) is 10.1. The Bertz CT molecular complexity index is 236. The van der Waals surface area contributed by atoms with Crippen molar-refractivity contribution in [1.29, 1.82) is 0 Å². The first-order valence-corrected chi connectivity index (χ1v) is 6.28. The van der Waals surface area contributed by atoms with Gasteiger partial charge in [-0.25, -0.2) is 0 Å². The van der Waals surface area contributed by atoms with Gasteiger partial charge in [0.15, 0.2) is 0 Å². The molecular formula is C12H22ClNO3. The number of hydrogen-bond acceptors (Lipinski definition) is 3. The Labute approximate surface area is 109 Å². The first kappa shape index (κ1) is 14.7. The number of carbonyl (C=O) groups is 1. The van der Waals surface area contributed by atoms with Crippen molar-refractivity contribution in [2.45, 2.75) is 25.7 Å². The summed E-state index contributed by atoms with van der Waals surface area (Å²) < 4.78 is 5.32. The van der Waals surface area contributed by atoms with Crippen LogP contribution in [0.1, 0.15) is 25.7 Å². The quantitative estimate of drug-likeness (QED) is 0.841. The second-order valence-electron chi connectivity index (χ2n) is 4.97. The van der Waals surface area contributed by atoms with Gasteiger partial charge in [-0.05, 0) is 31.6 Å². The molecule has 1 aliphatic carbocycles. The number of halogens is 1. The van der Waals surface area contributed by atoms with Gasteiger partial charge in [-0.1, -0.05) is 0 Å². The van der Waals surface area contributed by atoms with Gasteiger partial charge in [0.2, 0.25) is 0 Å². The van der Waals surface area contributed by atoms with E-state index in [9.17, 15) is 4.79 Å². The number of nitrogens with zero attached hydrogens (tertiary/aromatic N) is 1. The lowest BCUT2D eigenvalue weighted by molar-refractivity contribution is -0.143. The summed E-state index contributed by atoms with van der Waals surface area (Å²) in [7, 11) is 0. The van der Waals surface area contributed by atoms with Crippen molar-refractivity contribution >= 4 is 18.4 Å². The normalized spacial score (nSPS) is 30.6. The molecule has 1 saturated heterocycles. The molecule has 0 amide bonds. The third-order valence-corrected chi connectivity index (χ3v) is 3.82. The van der Waals surface area contributed by atoms with E-state index in [-0.39, 0.29) is 18.3 Å². The fourth-order valence-corrected chi connectivity index (χ4v) is 2.74. The van der Waals surface area contributed by atoms with Gasteiger partial charge in [0.25, 0.3) is 0 Å². The molecule has 0 bridgehead atoms. The van der Waals surface area contributed by atoms with Crippen molar-refractivity contribution in [3.8, 4) is 0 Å². The smallest absolute Gasteiger partial charge is 0.306 e. The molecule has 17 heavy (non-hydrogen) atoms. The van der Waals surface area contributed by atoms with Gasteiger partial charge in [-0.3, -0.25) is 9.69 Å². The fraction of sp³-hybridized carbons (Fsp3) is 0.917. The number of rotatable bonds is 3. The second-order valence-corrected chi connectivity index (χ2v) is 4.97. The Morgan fingerprint density at radius 1 is 1.18 bits per heavy atom. The van der Waals surface area contributed by atoms with Crippen LogP contribution in [0.4, 0.5) is 0 Å². The van der Waals surface area contributed by atoms with Crippen LogP contribution in [-0.4, -0.2) is 48.8 Å². The van der Waals surface area contributed by atoms with Crippen molar-refractivity contribution in [2.24, 2.45) is 11.8 Å². The number of ether oxygens (including phenoxy) is 1. The van der Waals surface area contributed by atoms with Crippen LogP contribution in [0.25, 0.3) is 0 Å². The van der Waals surface area contributed by atoms with Crippen LogP contribution in [0.2, 0.25) is 0 Å². The molecule has 0 atom stereocenters. The maximum absolute atomic E-state index is 10.8. The largest absolute Gasteiger partial charge is 0.481 e. The molecule has 1 N–H and O–H groups in total. The molecule has 0 aromatic heterocycles. The maximum Gasteiger partial charge on any atom is 0.306 e. The Hall–Kier alpha value is -0.320. The monoisotopic (exact) mass is 263 g/mol. The van der Waals surface area contributed by atoms with Crippen molar-refractivity contribution in [3.63, 3.8) is 0 Å². The first-order chi connectivity index (χ1) is 7.75. The number of aliphatic carboxylic acids is 1. The van der Waals surface area contributed by atoms with Crippen LogP contribution in [-0.2, 0) is 9.53 Å². The van der Waals surface area contributed by atoms with Gasteiger partial charge in [-0.2, -0.15) is 0 Å². The molecule has 2 aliphatic rings. The number of hydrogen-bond donors (Lipinski definition) is 1. The van der Waals surface area contributed by atoms with E-state index >= 15 is 0 Å². The lowest BCUT2D eigenvalue weighted by Gasteiger charge is -2.33. The summed E-state index contributed by atoms with van der Waals surface area (Å²) in [6, 6.07) is 0. The highest BCUT2D eigenvalue weighted by Gasteiger charge is 2.27. The summed E-state index contributed by atoms with van der Waals surface area (Å²) >= 11 is 0. The Morgan fingerprint density at radius 2 is 1.76 bits per heavy atom. The zero-order valence-corrected chi connectivity index (χ0v) is 11.0. The summed E-state index contributed by atoms with van der Waals surface area (Å²) in [4.78, 5) is 13.3. The van der Waals surface area contributed by atoms with E-state index < -0.39 is 5.97 Å².